The van der Waals surface area contributed by atoms with Gasteiger partial charge in [-0.3, -0.25) is 0 Å². The zero-order chi connectivity index (χ0) is 12.4. The first kappa shape index (κ1) is 12.4. The molecule has 17 heavy (non-hydrogen) atoms. The summed E-state index contributed by atoms with van der Waals surface area (Å²) in [5.74, 6) is 0.468. The van der Waals surface area contributed by atoms with Crippen molar-refractivity contribution in [2.45, 2.75) is 33.1 Å². The van der Waals surface area contributed by atoms with Gasteiger partial charge in [0, 0.05) is 13.0 Å². The van der Waals surface area contributed by atoms with Gasteiger partial charge in [0.2, 0.25) is 5.13 Å². The number of aromatic nitrogens is 3. The number of nitrogens with one attached hydrogen (secondary N) is 1. The highest BCUT2D eigenvalue weighted by atomic mass is 32.1. The molecule has 2 aromatic heterocycles. The van der Waals surface area contributed by atoms with Gasteiger partial charge in [-0.1, -0.05) is 32.1 Å². The highest BCUT2D eigenvalue weighted by Gasteiger charge is 2.17. The molecule has 0 aliphatic rings. The molecule has 0 saturated heterocycles. The Balaban J connectivity index is 2.42. The molecule has 0 fully saturated rings. The molecule has 0 spiro atoms. The molecular formula is C11H16N4S2. The lowest BCUT2D eigenvalue weighted by molar-refractivity contribution is 0.840. The van der Waals surface area contributed by atoms with Crippen molar-refractivity contribution in [1.29, 1.82) is 0 Å². The number of anilines is 1. The molecule has 0 aliphatic heterocycles. The van der Waals surface area contributed by atoms with Crippen molar-refractivity contribution in [3.63, 3.8) is 0 Å². The van der Waals surface area contributed by atoms with Crippen molar-refractivity contribution in [3.8, 4) is 9.88 Å². The van der Waals surface area contributed by atoms with Crippen LogP contribution in [0.25, 0.3) is 9.88 Å². The van der Waals surface area contributed by atoms with E-state index < -0.39 is 0 Å². The summed E-state index contributed by atoms with van der Waals surface area (Å²) in [7, 11) is 1.86. The lowest BCUT2D eigenvalue weighted by atomic mass is 10.2. The van der Waals surface area contributed by atoms with E-state index in [2.05, 4.69) is 41.3 Å². The van der Waals surface area contributed by atoms with Crippen molar-refractivity contribution in [2.75, 3.05) is 12.4 Å². The number of nitrogens with zero attached hydrogens (tertiary/aromatic N) is 3. The molecule has 92 valence electrons. The third-order valence-corrected chi connectivity index (χ3v) is 4.87. The van der Waals surface area contributed by atoms with Crippen LogP contribution in [0, 0.1) is 0 Å². The summed E-state index contributed by atoms with van der Waals surface area (Å²) in [6, 6.07) is 0. The third-order valence-electron chi connectivity index (χ3n) is 2.38. The van der Waals surface area contributed by atoms with Gasteiger partial charge in [0.15, 0.2) is 5.01 Å². The summed E-state index contributed by atoms with van der Waals surface area (Å²) in [5, 5.41) is 14.3. The Morgan fingerprint density at radius 2 is 2.00 bits per heavy atom. The van der Waals surface area contributed by atoms with Gasteiger partial charge in [-0.25, -0.2) is 4.98 Å². The van der Waals surface area contributed by atoms with E-state index in [1.54, 1.807) is 22.7 Å². The summed E-state index contributed by atoms with van der Waals surface area (Å²) in [6.07, 6.45) is 0.938. The molecule has 2 rings (SSSR count). The number of rotatable bonds is 4. The van der Waals surface area contributed by atoms with Crippen LogP contribution < -0.4 is 5.32 Å². The predicted molar refractivity (Wildman–Crippen MR) is 74.0 cm³/mol. The predicted octanol–water partition coefficient (Wildman–Crippen LogP) is 3.39. The smallest absolute Gasteiger partial charge is 0.205 e. The second-order valence-corrected chi connectivity index (χ2v) is 6.01. The highest BCUT2D eigenvalue weighted by molar-refractivity contribution is 7.23. The maximum absolute atomic E-state index is 4.68. The number of thiazole rings is 1. The third kappa shape index (κ3) is 2.47. The van der Waals surface area contributed by atoms with Gasteiger partial charge in [0.1, 0.15) is 0 Å². The standard InChI is InChI=1S/C11H16N4S2/c1-5-7-8(16-9(13-7)6(2)3)10-14-15-11(12-4)17-10/h6H,5H2,1-4H3,(H,12,15). The van der Waals surface area contributed by atoms with Crippen LogP contribution in [0.3, 0.4) is 0 Å². The number of hydrogen-bond acceptors (Lipinski definition) is 6. The van der Waals surface area contributed by atoms with Crippen molar-refractivity contribution in [2.24, 2.45) is 0 Å². The summed E-state index contributed by atoms with van der Waals surface area (Å²) < 4.78 is 0. The van der Waals surface area contributed by atoms with E-state index in [0.29, 0.717) is 5.92 Å². The molecule has 0 radical (unpaired) electrons. The molecule has 4 nitrogen and oxygen atoms in total. The minimum atomic E-state index is 0.468. The minimum absolute atomic E-state index is 0.468. The molecule has 0 aromatic carbocycles. The van der Waals surface area contributed by atoms with Crippen LogP contribution in [-0.4, -0.2) is 22.2 Å². The molecule has 1 N–H and O–H groups in total. The van der Waals surface area contributed by atoms with Crippen molar-refractivity contribution < 1.29 is 0 Å². The van der Waals surface area contributed by atoms with E-state index in [1.807, 2.05) is 7.05 Å². The van der Waals surface area contributed by atoms with E-state index in [9.17, 15) is 0 Å². The Labute approximate surface area is 109 Å². The fourth-order valence-electron chi connectivity index (χ4n) is 1.44. The molecule has 0 bridgehead atoms. The Kier molecular flexibility index (Phi) is 3.73. The van der Waals surface area contributed by atoms with Crippen LogP contribution in [0.4, 0.5) is 5.13 Å². The van der Waals surface area contributed by atoms with Crippen LogP contribution in [0.2, 0.25) is 0 Å². The average Bonchev–Trinajstić information content (AvgIpc) is 2.94. The van der Waals surface area contributed by atoms with E-state index in [-0.39, 0.29) is 0 Å². The summed E-state index contributed by atoms with van der Waals surface area (Å²) in [5.41, 5.74) is 1.14. The first-order valence-electron chi connectivity index (χ1n) is 5.66. The Hall–Kier alpha value is -1.01. The van der Waals surface area contributed by atoms with Crippen molar-refractivity contribution >= 4 is 27.8 Å². The normalized spacial score (nSPS) is 11.1. The van der Waals surface area contributed by atoms with Gasteiger partial charge >= 0.3 is 0 Å². The summed E-state index contributed by atoms with van der Waals surface area (Å²) >= 11 is 3.32. The van der Waals surface area contributed by atoms with Crippen molar-refractivity contribution in [1.82, 2.24) is 15.2 Å². The van der Waals surface area contributed by atoms with E-state index in [1.165, 1.54) is 9.88 Å². The van der Waals surface area contributed by atoms with Crippen LogP contribution in [0.1, 0.15) is 37.4 Å². The fraction of sp³-hybridized carbons (Fsp3) is 0.545. The monoisotopic (exact) mass is 268 g/mol. The van der Waals surface area contributed by atoms with Crippen LogP contribution in [0.5, 0.6) is 0 Å². The highest BCUT2D eigenvalue weighted by Crippen LogP contribution is 2.36. The van der Waals surface area contributed by atoms with Gasteiger partial charge in [0.05, 0.1) is 15.6 Å². The zero-order valence-corrected chi connectivity index (χ0v) is 12.1. The second kappa shape index (κ2) is 5.10. The SMILES string of the molecule is CCc1nc(C(C)C)sc1-c1nnc(NC)s1. The molecule has 6 heteroatoms. The molecule has 0 aliphatic carbocycles. The van der Waals surface area contributed by atoms with Gasteiger partial charge < -0.3 is 5.32 Å². The number of hydrogen-bond donors (Lipinski definition) is 1. The van der Waals surface area contributed by atoms with E-state index in [4.69, 9.17) is 0 Å². The molecule has 0 atom stereocenters. The summed E-state index contributed by atoms with van der Waals surface area (Å²) in [6.45, 7) is 6.46. The lowest BCUT2D eigenvalue weighted by Gasteiger charge is -1.95. The quantitative estimate of drug-likeness (QED) is 0.923. The minimum Gasteiger partial charge on any atom is -0.363 e. The van der Waals surface area contributed by atoms with Gasteiger partial charge in [-0.05, 0) is 6.42 Å². The molecule has 2 aromatic rings. The average molecular weight is 268 g/mol. The van der Waals surface area contributed by atoms with Gasteiger partial charge in [-0.2, -0.15) is 0 Å². The van der Waals surface area contributed by atoms with E-state index in [0.717, 1.165) is 22.3 Å². The molecule has 0 saturated carbocycles. The Morgan fingerprint density at radius 3 is 2.53 bits per heavy atom. The van der Waals surface area contributed by atoms with Crippen LogP contribution in [0.15, 0.2) is 0 Å². The van der Waals surface area contributed by atoms with Crippen LogP contribution in [-0.2, 0) is 6.42 Å². The number of aryl methyl sites for hydroxylation is 1. The topological polar surface area (TPSA) is 50.7 Å². The van der Waals surface area contributed by atoms with Gasteiger partial charge in [0.25, 0.3) is 0 Å². The summed E-state index contributed by atoms with van der Waals surface area (Å²) in [4.78, 5) is 5.85. The molecule has 0 unspecified atom stereocenters. The Bertz CT molecular complexity index is 501. The Morgan fingerprint density at radius 1 is 1.24 bits per heavy atom. The van der Waals surface area contributed by atoms with Gasteiger partial charge in [-0.15, -0.1) is 21.5 Å². The first-order chi connectivity index (χ1) is 8.15. The first-order valence-corrected chi connectivity index (χ1v) is 7.30. The second-order valence-electron chi connectivity index (χ2n) is 4.00. The molecule has 0 amide bonds. The zero-order valence-electron chi connectivity index (χ0n) is 10.4. The lowest BCUT2D eigenvalue weighted by Crippen LogP contribution is -1.87. The van der Waals surface area contributed by atoms with Crippen LogP contribution >= 0.6 is 22.7 Å². The van der Waals surface area contributed by atoms with Crippen molar-refractivity contribution in [3.05, 3.63) is 10.7 Å². The maximum Gasteiger partial charge on any atom is 0.205 e. The largest absolute Gasteiger partial charge is 0.363 e. The fourth-order valence-corrected chi connectivity index (χ4v) is 3.39. The maximum atomic E-state index is 4.68. The molecular weight excluding hydrogens is 252 g/mol. The van der Waals surface area contributed by atoms with E-state index >= 15 is 0 Å². The molecule has 2 heterocycles.